The highest BCUT2D eigenvalue weighted by molar-refractivity contribution is 5.99. The van der Waals surface area contributed by atoms with Gasteiger partial charge in [-0.2, -0.15) is 0 Å². The van der Waals surface area contributed by atoms with Crippen molar-refractivity contribution in [1.82, 2.24) is 0 Å². The number of aliphatic hydroxyl groups is 1. The number of allylic oxidation sites excluding steroid dienone is 1. The number of hydrogen-bond acceptors (Lipinski definition) is 3. The summed E-state index contributed by atoms with van der Waals surface area (Å²) in [6, 6.07) is 36.7. The Bertz CT molecular complexity index is 1260. The number of aliphatic hydroxyl groups excluding tert-OH is 1. The third-order valence-electron chi connectivity index (χ3n) is 6.45. The van der Waals surface area contributed by atoms with Gasteiger partial charge in [0.2, 0.25) is 0 Å². The molecule has 1 aliphatic carbocycles. The number of benzene rings is 4. The summed E-state index contributed by atoms with van der Waals surface area (Å²) in [5.41, 5.74) is 6.40. The lowest BCUT2D eigenvalue weighted by atomic mass is 9.87. The summed E-state index contributed by atoms with van der Waals surface area (Å²) in [7, 11) is 1.67. The van der Waals surface area contributed by atoms with Crippen LogP contribution < -0.4 is 9.47 Å². The molecule has 0 amide bonds. The van der Waals surface area contributed by atoms with Crippen LogP contribution in [0.25, 0.3) is 11.1 Å². The van der Waals surface area contributed by atoms with Gasteiger partial charge in [0.1, 0.15) is 18.1 Å². The molecule has 3 nitrogen and oxygen atoms in total. The molecule has 0 saturated carbocycles. The predicted octanol–water partition coefficient (Wildman–Crippen LogP) is 6.73. The number of rotatable bonds is 7. The summed E-state index contributed by atoms with van der Waals surface area (Å²) >= 11 is 0. The normalized spacial score (nSPS) is 17.6. The number of methoxy groups -OCH3 is 1. The Morgan fingerprint density at radius 2 is 1.38 bits per heavy atom. The van der Waals surface area contributed by atoms with Gasteiger partial charge >= 0.3 is 0 Å². The number of para-hydroxylation sites is 1. The molecule has 0 heterocycles. The van der Waals surface area contributed by atoms with Crippen molar-refractivity contribution >= 4 is 11.1 Å². The van der Waals surface area contributed by atoms with Gasteiger partial charge in [0, 0.05) is 11.5 Å². The Balaban J connectivity index is 1.62. The SMILES string of the molecule is COc1ccc(C2=C(c3ccccc3OCc3ccccc3)[C@@H](O)C[C@H]2c2ccccc2)cc1. The van der Waals surface area contributed by atoms with E-state index in [0.29, 0.717) is 13.0 Å². The van der Waals surface area contributed by atoms with Gasteiger partial charge in [-0.15, -0.1) is 0 Å². The van der Waals surface area contributed by atoms with Crippen LogP contribution in [0.5, 0.6) is 11.5 Å². The van der Waals surface area contributed by atoms with Crippen molar-refractivity contribution in [3.05, 3.63) is 131 Å². The Morgan fingerprint density at radius 3 is 2.09 bits per heavy atom. The van der Waals surface area contributed by atoms with Gasteiger partial charge < -0.3 is 14.6 Å². The van der Waals surface area contributed by atoms with Crippen LogP contribution >= 0.6 is 0 Å². The van der Waals surface area contributed by atoms with E-state index < -0.39 is 6.10 Å². The van der Waals surface area contributed by atoms with Gasteiger partial charge in [0.15, 0.2) is 0 Å². The van der Waals surface area contributed by atoms with Crippen LogP contribution in [0, 0.1) is 0 Å². The van der Waals surface area contributed by atoms with Crippen LogP contribution in [-0.2, 0) is 6.61 Å². The van der Waals surface area contributed by atoms with E-state index in [0.717, 1.165) is 39.3 Å². The summed E-state index contributed by atoms with van der Waals surface area (Å²) in [6.45, 7) is 0.473. The van der Waals surface area contributed by atoms with E-state index in [9.17, 15) is 5.11 Å². The molecule has 0 bridgehead atoms. The maximum atomic E-state index is 11.4. The quantitative estimate of drug-likeness (QED) is 0.341. The Kier molecular flexibility index (Phi) is 6.46. The van der Waals surface area contributed by atoms with Crippen molar-refractivity contribution < 1.29 is 14.6 Å². The maximum absolute atomic E-state index is 11.4. The Labute approximate surface area is 200 Å². The molecule has 170 valence electrons. The van der Waals surface area contributed by atoms with Crippen LogP contribution in [0.15, 0.2) is 109 Å². The van der Waals surface area contributed by atoms with Gasteiger partial charge in [0.25, 0.3) is 0 Å². The minimum absolute atomic E-state index is 0.0850. The van der Waals surface area contributed by atoms with E-state index >= 15 is 0 Å². The number of ether oxygens (including phenoxy) is 2. The van der Waals surface area contributed by atoms with Crippen LogP contribution in [0.1, 0.15) is 34.6 Å². The first-order chi connectivity index (χ1) is 16.7. The molecule has 0 radical (unpaired) electrons. The van der Waals surface area contributed by atoms with E-state index in [1.807, 2.05) is 54.6 Å². The van der Waals surface area contributed by atoms with Crippen LogP contribution in [0.4, 0.5) is 0 Å². The number of hydrogen-bond donors (Lipinski definition) is 1. The van der Waals surface area contributed by atoms with E-state index in [4.69, 9.17) is 9.47 Å². The first-order valence-electron chi connectivity index (χ1n) is 11.6. The fourth-order valence-electron chi connectivity index (χ4n) is 4.82. The molecule has 3 heteroatoms. The molecular weight excluding hydrogens is 420 g/mol. The largest absolute Gasteiger partial charge is 0.497 e. The molecule has 5 rings (SSSR count). The van der Waals surface area contributed by atoms with Gasteiger partial charge in [0.05, 0.1) is 13.2 Å². The second-order valence-electron chi connectivity index (χ2n) is 8.54. The molecule has 0 unspecified atom stereocenters. The zero-order valence-corrected chi connectivity index (χ0v) is 19.2. The molecular formula is C31H28O3. The van der Waals surface area contributed by atoms with Crippen molar-refractivity contribution in [2.75, 3.05) is 7.11 Å². The average molecular weight is 449 g/mol. The smallest absolute Gasteiger partial charge is 0.127 e. The maximum Gasteiger partial charge on any atom is 0.127 e. The van der Waals surface area contributed by atoms with Gasteiger partial charge in [-0.05, 0) is 52.5 Å². The molecule has 2 atom stereocenters. The molecule has 0 saturated heterocycles. The van der Waals surface area contributed by atoms with Crippen molar-refractivity contribution in [1.29, 1.82) is 0 Å². The van der Waals surface area contributed by atoms with Crippen molar-refractivity contribution in [3.8, 4) is 11.5 Å². The lowest BCUT2D eigenvalue weighted by Gasteiger charge is -2.19. The van der Waals surface area contributed by atoms with E-state index in [2.05, 4.69) is 54.6 Å². The molecule has 34 heavy (non-hydrogen) atoms. The van der Waals surface area contributed by atoms with Crippen molar-refractivity contribution in [3.63, 3.8) is 0 Å². The highest BCUT2D eigenvalue weighted by Crippen LogP contribution is 2.50. The summed E-state index contributed by atoms with van der Waals surface area (Å²) < 4.78 is 11.7. The highest BCUT2D eigenvalue weighted by Gasteiger charge is 2.36. The third-order valence-corrected chi connectivity index (χ3v) is 6.45. The highest BCUT2D eigenvalue weighted by atomic mass is 16.5. The van der Waals surface area contributed by atoms with Crippen molar-refractivity contribution in [2.24, 2.45) is 0 Å². The average Bonchev–Trinajstić information content (AvgIpc) is 3.25. The summed E-state index contributed by atoms with van der Waals surface area (Å²) in [4.78, 5) is 0. The Hall–Kier alpha value is -3.82. The summed E-state index contributed by atoms with van der Waals surface area (Å²) in [5.74, 6) is 1.68. The fraction of sp³-hybridized carbons (Fsp3) is 0.161. The standard InChI is InChI=1S/C31H28O3/c1-33-25-18-16-24(17-19-25)30-27(23-12-6-3-7-13-23)20-28(32)31(30)26-14-8-9-15-29(26)34-21-22-10-4-2-5-11-22/h2-19,27-28,32H,20-21H2,1H3/t27-,28-/m0/s1. The zero-order chi connectivity index (χ0) is 23.3. The van der Waals surface area contributed by atoms with Crippen LogP contribution in [0.2, 0.25) is 0 Å². The molecule has 0 fully saturated rings. The summed E-state index contributed by atoms with van der Waals surface area (Å²) in [5, 5.41) is 11.4. The minimum Gasteiger partial charge on any atom is -0.497 e. The van der Waals surface area contributed by atoms with Crippen LogP contribution in [-0.4, -0.2) is 18.3 Å². The van der Waals surface area contributed by atoms with E-state index in [1.54, 1.807) is 7.11 Å². The molecule has 0 aliphatic heterocycles. The molecule has 0 spiro atoms. The predicted molar refractivity (Wildman–Crippen MR) is 137 cm³/mol. The monoisotopic (exact) mass is 448 g/mol. The Morgan fingerprint density at radius 1 is 0.735 bits per heavy atom. The van der Waals surface area contributed by atoms with Crippen LogP contribution in [0.3, 0.4) is 0 Å². The lowest BCUT2D eigenvalue weighted by Crippen LogP contribution is -2.07. The molecule has 0 aromatic heterocycles. The van der Waals surface area contributed by atoms with E-state index in [-0.39, 0.29) is 5.92 Å². The second kappa shape index (κ2) is 9.98. The molecule has 4 aromatic carbocycles. The lowest BCUT2D eigenvalue weighted by molar-refractivity contribution is 0.225. The summed E-state index contributed by atoms with van der Waals surface area (Å²) in [6.07, 6.45) is 0.0389. The second-order valence-corrected chi connectivity index (χ2v) is 8.54. The fourth-order valence-corrected chi connectivity index (χ4v) is 4.82. The topological polar surface area (TPSA) is 38.7 Å². The third kappa shape index (κ3) is 4.48. The molecule has 1 aliphatic rings. The zero-order valence-electron chi connectivity index (χ0n) is 19.2. The molecule has 4 aromatic rings. The van der Waals surface area contributed by atoms with Gasteiger partial charge in [-0.1, -0.05) is 91.0 Å². The van der Waals surface area contributed by atoms with Crippen molar-refractivity contribution in [2.45, 2.75) is 25.0 Å². The first-order valence-corrected chi connectivity index (χ1v) is 11.6. The van der Waals surface area contributed by atoms with Gasteiger partial charge in [-0.25, -0.2) is 0 Å². The first kappa shape index (κ1) is 22.0. The van der Waals surface area contributed by atoms with Gasteiger partial charge in [-0.3, -0.25) is 0 Å². The van der Waals surface area contributed by atoms with E-state index in [1.165, 1.54) is 5.56 Å². The minimum atomic E-state index is -0.594. The molecule has 1 N–H and O–H groups in total.